The molecule has 0 saturated heterocycles. The van der Waals surface area contributed by atoms with E-state index < -0.39 is 0 Å². The van der Waals surface area contributed by atoms with Gasteiger partial charge in [0, 0.05) is 4.47 Å². The monoisotopic (exact) mass is 311 g/mol. The van der Waals surface area contributed by atoms with Crippen molar-refractivity contribution in [3.05, 3.63) is 28.2 Å². The standard InChI is InChI=1S/C13H18BrN3O/c1-18-12-8-9(14)6-7-11(12)13(17-15)16-10-4-2-3-5-10/h6-8,10H,2-5,15H2,1H3,(H,16,17). The van der Waals surface area contributed by atoms with Crippen LogP contribution in [0.1, 0.15) is 31.2 Å². The van der Waals surface area contributed by atoms with Gasteiger partial charge in [-0.25, -0.2) is 5.84 Å². The summed E-state index contributed by atoms with van der Waals surface area (Å²) in [6.07, 6.45) is 4.79. The van der Waals surface area contributed by atoms with Crippen LogP contribution >= 0.6 is 15.9 Å². The third-order valence-corrected chi connectivity index (χ3v) is 3.69. The van der Waals surface area contributed by atoms with E-state index in [1.54, 1.807) is 7.11 Å². The van der Waals surface area contributed by atoms with E-state index in [0.29, 0.717) is 11.9 Å². The summed E-state index contributed by atoms with van der Waals surface area (Å²) in [7, 11) is 1.65. The van der Waals surface area contributed by atoms with E-state index in [9.17, 15) is 0 Å². The van der Waals surface area contributed by atoms with Gasteiger partial charge >= 0.3 is 0 Å². The largest absolute Gasteiger partial charge is 0.496 e. The quantitative estimate of drug-likeness (QED) is 0.390. The molecule has 1 aliphatic rings. The molecule has 2 rings (SSSR count). The first-order valence-electron chi connectivity index (χ1n) is 6.13. The van der Waals surface area contributed by atoms with Crippen molar-refractivity contribution >= 4 is 21.8 Å². The second kappa shape index (κ2) is 6.20. The van der Waals surface area contributed by atoms with Crippen LogP contribution in [0.3, 0.4) is 0 Å². The van der Waals surface area contributed by atoms with Gasteiger partial charge in [0.25, 0.3) is 0 Å². The van der Waals surface area contributed by atoms with Crippen molar-refractivity contribution in [1.82, 2.24) is 5.43 Å². The Labute approximate surface area is 116 Å². The molecule has 0 aliphatic heterocycles. The Kier molecular flexibility index (Phi) is 4.60. The minimum absolute atomic E-state index is 0.379. The molecule has 4 nitrogen and oxygen atoms in total. The molecule has 3 N–H and O–H groups in total. The molecule has 0 heterocycles. The number of nitrogens with zero attached hydrogens (tertiary/aromatic N) is 1. The maximum atomic E-state index is 5.60. The Bertz CT molecular complexity index is 442. The number of methoxy groups -OCH3 is 1. The van der Waals surface area contributed by atoms with E-state index in [4.69, 9.17) is 10.6 Å². The van der Waals surface area contributed by atoms with Gasteiger partial charge in [-0.05, 0) is 31.0 Å². The van der Waals surface area contributed by atoms with Gasteiger partial charge in [0.15, 0.2) is 0 Å². The van der Waals surface area contributed by atoms with Gasteiger partial charge < -0.3 is 10.2 Å². The molecular weight excluding hydrogens is 294 g/mol. The molecule has 0 amide bonds. The third kappa shape index (κ3) is 3.03. The molecule has 0 aromatic heterocycles. The Morgan fingerprint density at radius 2 is 2.17 bits per heavy atom. The molecule has 0 bridgehead atoms. The van der Waals surface area contributed by atoms with Crippen LogP contribution in [0.25, 0.3) is 0 Å². The molecule has 98 valence electrons. The SMILES string of the molecule is COc1cc(Br)ccc1C(=NC1CCCC1)NN. The van der Waals surface area contributed by atoms with E-state index in [1.165, 1.54) is 12.8 Å². The highest BCUT2D eigenvalue weighted by molar-refractivity contribution is 9.10. The number of hydrogen-bond acceptors (Lipinski definition) is 3. The Morgan fingerprint density at radius 1 is 1.44 bits per heavy atom. The summed E-state index contributed by atoms with van der Waals surface area (Å²) >= 11 is 3.42. The summed E-state index contributed by atoms with van der Waals surface area (Å²) in [6, 6.07) is 6.21. The highest BCUT2D eigenvalue weighted by Gasteiger charge is 2.17. The molecule has 0 unspecified atom stereocenters. The minimum atomic E-state index is 0.379. The van der Waals surface area contributed by atoms with Crippen LogP contribution in [0.15, 0.2) is 27.7 Å². The Morgan fingerprint density at radius 3 is 2.78 bits per heavy atom. The second-order valence-corrected chi connectivity index (χ2v) is 5.32. The van der Waals surface area contributed by atoms with E-state index >= 15 is 0 Å². The van der Waals surface area contributed by atoms with Crippen LogP contribution in [0.2, 0.25) is 0 Å². The van der Waals surface area contributed by atoms with Crippen molar-refractivity contribution in [2.75, 3.05) is 7.11 Å². The van der Waals surface area contributed by atoms with Gasteiger partial charge in [0.05, 0.1) is 18.7 Å². The first-order chi connectivity index (χ1) is 8.74. The summed E-state index contributed by atoms with van der Waals surface area (Å²) in [6.45, 7) is 0. The fraction of sp³-hybridized carbons (Fsp3) is 0.462. The third-order valence-electron chi connectivity index (χ3n) is 3.19. The number of nitrogens with one attached hydrogen (secondary N) is 1. The predicted molar refractivity (Wildman–Crippen MR) is 76.8 cm³/mol. The molecule has 1 aromatic carbocycles. The Balaban J connectivity index is 2.31. The van der Waals surface area contributed by atoms with Gasteiger partial charge in [0.1, 0.15) is 11.6 Å². The fourth-order valence-electron chi connectivity index (χ4n) is 2.26. The average molecular weight is 312 g/mol. The maximum absolute atomic E-state index is 5.60. The normalized spacial score (nSPS) is 16.9. The van der Waals surface area contributed by atoms with Gasteiger partial charge in [-0.1, -0.05) is 28.8 Å². The smallest absolute Gasteiger partial charge is 0.146 e. The van der Waals surface area contributed by atoms with Crippen LogP contribution in [0.4, 0.5) is 0 Å². The lowest BCUT2D eigenvalue weighted by Gasteiger charge is -2.13. The Hall–Kier alpha value is -1.07. The molecule has 1 aromatic rings. The summed E-state index contributed by atoms with van der Waals surface area (Å²) in [5.41, 5.74) is 3.59. The van der Waals surface area contributed by atoms with E-state index in [1.807, 2.05) is 18.2 Å². The summed E-state index contributed by atoms with van der Waals surface area (Å²) in [5, 5.41) is 0. The van der Waals surface area contributed by atoms with E-state index in [2.05, 4.69) is 26.3 Å². The van der Waals surface area contributed by atoms with Crippen molar-refractivity contribution < 1.29 is 4.74 Å². The van der Waals surface area contributed by atoms with Gasteiger partial charge in [-0.15, -0.1) is 0 Å². The minimum Gasteiger partial charge on any atom is -0.496 e. The number of rotatable bonds is 3. The lowest BCUT2D eigenvalue weighted by atomic mass is 10.1. The second-order valence-electron chi connectivity index (χ2n) is 4.40. The van der Waals surface area contributed by atoms with Crippen LogP contribution in [0, 0.1) is 0 Å². The number of halogens is 1. The maximum Gasteiger partial charge on any atom is 0.146 e. The molecule has 0 radical (unpaired) electrons. The lowest BCUT2D eigenvalue weighted by molar-refractivity contribution is 0.413. The highest BCUT2D eigenvalue weighted by Crippen LogP contribution is 2.26. The average Bonchev–Trinajstić information content (AvgIpc) is 2.89. The molecule has 1 fully saturated rings. The van der Waals surface area contributed by atoms with Gasteiger partial charge in [-0.3, -0.25) is 4.99 Å². The first-order valence-corrected chi connectivity index (χ1v) is 6.92. The lowest BCUT2D eigenvalue weighted by Crippen LogP contribution is -2.32. The summed E-state index contributed by atoms with van der Waals surface area (Å²) in [4.78, 5) is 4.69. The zero-order chi connectivity index (χ0) is 13.0. The number of hydrazine groups is 1. The molecule has 1 aliphatic carbocycles. The van der Waals surface area contributed by atoms with Gasteiger partial charge in [-0.2, -0.15) is 0 Å². The van der Waals surface area contributed by atoms with E-state index in [-0.39, 0.29) is 0 Å². The van der Waals surface area contributed by atoms with Crippen molar-refractivity contribution in [3.63, 3.8) is 0 Å². The molecule has 0 spiro atoms. The summed E-state index contributed by atoms with van der Waals surface area (Å²) in [5.74, 6) is 7.06. The number of nitrogens with two attached hydrogens (primary N) is 1. The number of amidine groups is 1. The van der Waals surface area contributed by atoms with Crippen LogP contribution in [0.5, 0.6) is 5.75 Å². The van der Waals surface area contributed by atoms with Crippen LogP contribution < -0.4 is 16.0 Å². The van der Waals surface area contributed by atoms with E-state index in [0.717, 1.165) is 28.6 Å². The highest BCUT2D eigenvalue weighted by atomic mass is 79.9. The van der Waals surface area contributed by atoms with Crippen molar-refractivity contribution in [2.45, 2.75) is 31.7 Å². The number of hydrogen-bond donors (Lipinski definition) is 2. The molecule has 5 heteroatoms. The topological polar surface area (TPSA) is 59.6 Å². The number of benzene rings is 1. The predicted octanol–water partition coefficient (Wildman–Crippen LogP) is 2.61. The fourth-order valence-corrected chi connectivity index (χ4v) is 2.60. The summed E-state index contributed by atoms with van der Waals surface area (Å²) < 4.78 is 6.34. The molecule has 1 saturated carbocycles. The van der Waals surface area contributed by atoms with Crippen LogP contribution in [-0.4, -0.2) is 19.0 Å². The van der Waals surface area contributed by atoms with Crippen molar-refractivity contribution in [2.24, 2.45) is 10.8 Å². The molecule has 18 heavy (non-hydrogen) atoms. The number of ether oxygens (including phenoxy) is 1. The van der Waals surface area contributed by atoms with Crippen LogP contribution in [-0.2, 0) is 0 Å². The molecule has 0 atom stereocenters. The zero-order valence-corrected chi connectivity index (χ0v) is 12.0. The van der Waals surface area contributed by atoms with Gasteiger partial charge in [0.2, 0.25) is 0 Å². The molecular formula is C13H18BrN3O. The number of aliphatic imine (C=N–C) groups is 1. The first kappa shape index (κ1) is 13.4. The van der Waals surface area contributed by atoms with Crippen molar-refractivity contribution in [3.8, 4) is 5.75 Å². The zero-order valence-electron chi connectivity index (χ0n) is 10.4. The van der Waals surface area contributed by atoms with Crippen molar-refractivity contribution in [1.29, 1.82) is 0 Å².